The van der Waals surface area contributed by atoms with Gasteiger partial charge >= 0.3 is 12.1 Å². The fraction of sp³-hybridized carbons (Fsp3) is 0.200. The Morgan fingerprint density at radius 3 is 2.71 bits per heavy atom. The largest absolute Gasteiger partial charge is 0.412 e. The minimum atomic E-state index is -1.16. The van der Waals surface area contributed by atoms with Crippen LogP contribution in [0, 0.1) is 0 Å². The molecule has 34 heavy (non-hydrogen) atoms. The Morgan fingerprint density at radius 2 is 1.97 bits per heavy atom. The first-order valence-corrected chi connectivity index (χ1v) is 10.9. The van der Waals surface area contributed by atoms with Crippen LogP contribution in [0.3, 0.4) is 0 Å². The van der Waals surface area contributed by atoms with Crippen LogP contribution in [0.25, 0.3) is 21.9 Å². The number of aromatic nitrogens is 3. The number of carbonyl (C=O) groups is 2. The quantitative estimate of drug-likeness (QED) is 0.356. The minimum absolute atomic E-state index is 0.0248. The molecule has 1 atom stereocenters. The van der Waals surface area contributed by atoms with Gasteiger partial charge in [0.2, 0.25) is 0 Å². The van der Waals surface area contributed by atoms with Crippen molar-refractivity contribution < 1.29 is 14.3 Å². The van der Waals surface area contributed by atoms with Crippen molar-refractivity contribution in [3.63, 3.8) is 0 Å². The number of esters is 1. The highest BCUT2D eigenvalue weighted by atomic mass is 16.6. The van der Waals surface area contributed by atoms with Crippen LogP contribution in [0.15, 0.2) is 60.9 Å². The summed E-state index contributed by atoms with van der Waals surface area (Å²) in [5, 5.41) is 9.41. The number of pyridine rings is 1. The maximum absolute atomic E-state index is 12.5. The number of benzene rings is 2. The van der Waals surface area contributed by atoms with Gasteiger partial charge in [0, 0.05) is 42.5 Å². The maximum Gasteiger partial charge on any atom is 0.412 e. The lowest BCUT2D eigenvalue weighted by Gasteiger charge is -2.36. The van der Waals surface area contributed by atoms with Crippen LogP contribution in [0.5, 0.6) is 0 Å². The average molecular weight is 457 g/mol. The molecular formula is C25H24N6O3. The Balaban J connectivity index is 1.65. The van der Waals surface area contributed by atoms with E-state index in [1.54, 1.807) is 10.7 Å². The first-order valence-electron chi connectivity index (χ1n) is 10.9. The molecule has 2 aromatic heterocycles. The Labute approximate surface area is 196 Å². The number of carbonyl (C=O) groups excluding carboxylic acids is 2. The van der Waals surface area contributed by atoms with Crippen LogP contribution < -0.4 is 16.0 Å². The molecule has 3 heterocycles. The molecule has 1 aliphatic rings. The molecule has 0 radical (unpaired) electrons. The van der Waals surface area contributed by atoms with Crippen LogP contribution in [-0.4, -0.2) is 40.4 Å². The second kappa shape index (κ2) is 8.60. The van der Waals surface area contributed by atoms with Crippen LogP contribution in [-0.2, 0) is 11.8 Å². The molecule has 0 aliphatic carbocycles. The summed E-state index contributed by atoms with van der Waals surface area (Å²) in [5.41, 5.74) is 9.31. The van der Waals surface area contributed by atoms with Crippen molar-refractivity contribution in [2.45, 2.75) is 12.5 Å². The SMILES string of the molecule is CNC1CCN(c2nc(C(=O)OC(N)=O)cc3ccccc23)c2ccc(-c3cnn(C)c3)cc21. The molecule has 1 aliphatic heterocycles. The van der Waals surface area contributed by atoms with Gasteiger partial charge in [-0.05, 0) is 48.2 Å². The molecule has 9 heteroatoms. The average Bonchev–Trinajstić information content (AvgIpc) is 3.28. The summed E-state index contributed by atoms with van der Waals surface area (Å²) < 4.78 is 6.38. The van der Waals surface area contributed by atoms with Gasteiger partial charge in [-0.3, -0.25) is 4.68 Å². The molecule has 172 valence electrons. The molecular weight excluding hydrogens is 432 g/mol. The fourth-order valence-electron chi connectivity index (χ4n) is 4.52. The van der Waals surface area contributed by atoms with Crippen LogP contribution >= 0.6 is 0 Å². The van der Waals surface area contributed by atoms with E-state index < -0.39 is 12.1 Å². The van der Waals surface area contributed by atoms with Gasteiger partial charge in [-0.25, -0.2) is 14.6 Å². The predicted molar refractivity (Wildman–Crippen MR) is 129 cm³/mol. The Morgan fingerprint density at radius 1 is 1.15 bits per heavy atom. The third kappa shape index (κ3) is 3.86. The number of aryl methyl sites for hydroxylation is 1. The monoisotopic (exact) mass is 456 g/mol. The lowest BCUT2D eigenvalue weighted by atomic mass is 9.93. The van der Waals surface area contributed by atoms with Gasteiger partial charge in [0.25, 0.3) is 0 Å². The number of fused-ring (bicyclic) bond motifs is 2. The second-order valence-corrected chi connectivity index (χ2v) is 8.22. The summed E-state index contributed by atoms with van der Waals surface area (Å²) in [6.45, 7) is 0.691. The zero-order valence-electron chi connectivity index (χ0n) is 18.9. The summed E-state index contributed by atoms with van der Waals surface area (Å²) in [7, 11) is 3.85. The summed E-state index contributed by atoms with van der Waals surface area (Å²) >= 11 is 0. The van der Waals surface area contributed by atoms with E-state index in [0.717, 1.165) is 39.6 Å². The molecule has 3 N–H and O–H groups in total. The van der Waals surface area contributed by atoms with E-state index in [2.05, 4.69) is 43.2 Å². The van der Waals surface area contributed by atoms with Gasteiger partial charge in [-0.1, -0.05) is 30.3 Å². The highest BCUT2D eigenvalue weighted by molar-refractivity contribution is 6.02. The molecule has 4 aromatic rings. The van der Waals surface area contributed by atoms with Crippen molar-refractivity contribution >= 4 is 34.3 Å². The smallest absolute Gasteiger partial charge is 0.372 e. The summed E-state index contributed by atoms with van der Waals surface area (Å²) in [4.78, 5) is 30.3. The Hall–Kier alpha value is -4.24. The van der Waals surface area contributed by atoms with Gasteiger partial charge in [0.05, 0.1) is 6.20 Å². The number of hydrogen-bond acceptors (Lipinski definition) is 7. The van der Waals surface area contributed by atoms with E-state index in [1.807, 2.05) is 50.8 Å². The molecule has 0 fully saturated rings. The van der Waals surface area contributed by atoms with Crippen molar-refractivity contribution in [2.24, 2.45) is 12.8 Å². The highest BCUT2D eigenvalue weighted by Crippen LogP contribution is 2.41. The number of rotatable bonds is 4. The first kappa shape index (κ1) is 21.6. The van der Waals surface area contributed by atoms with Crippen molar-refractivity contribution in [2.75, 3.05) is 18.5 Å². The minimum Gasteiger partial charge on any atom is -0.372 e. The van der Waals surface area contributed by atoms with Gasteiger partial charge in [-0.15, -0.1) is 0 Å². The molecule has 1 unspecified atom stereocenters. The van der Waals surface area contributed by atoms with Crippen molar-refractivity contribution in [3.8, 4) is 11.1 Å². The maximum atomic E-state index is 12.5. The Kier molecular flexibility index (Phi) is 5.46. The normalized spacial score (nSPS) is 15.2. The number of anilines is 2. The number of amides is 1. The first-order chi connectivity index (χ1) is 16.4. The van der Waals surface area contributed by atoms with E-state index >= 15 is 0 Å². The molecule has 0 spiro atoms. The third-order valence-electron chi connectivity index (χ3n) is 6.10. The zero-order chi connectivity index (χ0) is 23.8. The van der Waals surface area contributed by atoms with Crippen LogP contribution in [0.1, 0.15) is 28.5 Å². The summed E-state index contributed by atoms with van der Waals surface area (Å²) in [6, 6.07) is 15.8. The lowest BCUT2D eigenvalue weighted by molar-refractivity contribution is 0.0632. The second-order valence-electron chi connectivity index (χ2n) is 8.22. The van der Waals surface area contributed by atoms with E-state index in [1.165, 1.54) is 0 Å². The van der Waals surface area contributed by atoms with E-state index in [-0.39, 0.29) is 11.7 Å². The molecule has 0 saturated carbocycles. The van der Waals surface area contributed by atoms with Crippen LogP contribution in [0.2, 0.25) is 0 Å². The molecule has 1 amide bonds. The number of ether oxygens (including phenoxy) is 1. The van der Waals surface area contributed by atoms with Gasteiger partial charge in [-0.2, -0.15) is 5.10 Å². The van der Waals surface area contributed by atoms with Gasteiger partial charge in [0.1, 0.15) is 5.82 Å². The number of hydrogen-bond donors (Lipinski definition) is 2. The van der Waals surface area contributed by atoms with E-state index in [4.69, 9.17) is 5.73 Å². The summed E-state index contributed by atoms with van der Waals surface area (Å²) in [6.07, 6.45) is 3.51. The molecule has 5 rings (SSSR count). The molecule has 0 saturated heterocycles. The van der Waals surface area contributed by atoms with Crippen molar-refractivity contribution in [1.82, 2.24) is 20.1 Å². The topological polar surface area (TPSA) is 115 Å². The molecule has 9 nitrogen and oxygen atoms in total. The highest BCUT2D eigenvalue weighted by Gasteiger charge is 2.28. The summed E-state index contributed by atoms with van der Waals surface area (Å²) in [5.74, 6) is -0.254. The third-order valence-corrected chi connectivity index (χ3v) is 6.10. The Bertz CT molecular complexity index is 1410. The zero-order valence-corrected chi connectivity index (χ0v) is 18.9. The van der Waals surface area contributed by atoms with E-state index in [9.17, 15) is 9.59 Å². The fourth-order valence-corrected chi connectivity index (χ4v) is 4.52. The molecule has 0 bridgehead atoms. The van der Waals surface area contributed by atoms with Crippen molar-refractivity contribution in [3.05, 3.63) is 72.2 Å². The van der Waals surface area contributed by atoms with E-state index in [0.29, 0.717) is 12.4 Å². The number of nitrogens with zero attached hydrogens (tertiary/aromatic N) is 4. The number of nitrogens with one attached hydrogen (secondary N) is 1. The number of primary amides is 1. The van der Waals surface area contributed by atoms with Crippen LogP contribution in [0.4, 0.5) is 16.3 Å². The standard InChI is InChI=1S/C25H24N6O3/c1-27-20-9-10-31(22-8-7-15(11-19(20)22)17-13-28-30(2)14-17)23-18-6-4-3-5-16(18)12-21(29-23)24(32)34-25(26)33/h3-8,11-14,20,27H,9-10H2,1-2H3,(H2,26,33). The van der Waals surface area contributed by atoms with Crippen molar-refractivity contribution in [1.29, 1.82) is 0 Å². The van der Waals surface area contributed by atoms with Gasteiger partial charge < -0.3 is 20.7 Å². The predicted octanol–water partition coefficient (Wildman–Crippen LogP) is 3.67. The number of nitrogens with two attached hydrogens (primary N) is 1. The van der Waals surface area contributed by atoms with Gasteiger partial charge in [0.15, 0.2) is 5.69 Å². The molecule has 2 aromatic carbocycles. The lowest BCUT2D eigenvalue weighted by Crippen LogP contribution is -2.32.